The summed E-state index contributed by atoms with van der Waals surface area (Å²) in [6.45, 7) is 7.12. The Bertz CT molecular complexity index is 136. The lowest BCUT2D eigenvalue weighted by atomic mass is 10.2. The van der Waals surface area contributed by atoms with Crippen molar-refractivity contribution in [3.05, 3.63) is 0 Å². The van der Waals surface area contributed by atoms with E-state index in [2.05, 4.69) is 24.4 Å². The van der Waals surface area contributed by atoms with E-state index in [1.807, 2.05) is 13.8 Å². The minimum absolute atomic E-state index is 0.209. The molecule has 0 aromatic rings. The lowest BCUT2D eigenvalue weighted by Gasteiger charge is -2.30. The van der Waals surface area contributed by atoms with E-state index in [9.17, 15) is 0 Å². The van der Waals surface area contributed by atoms with Gasteiger partial charge in [-0.2, -0.15) is 0 Å². The Morgan fingerprint density at radius 2 is 2.18 bits per heavy atom. The van der Waals surface area contributed by atoms with Gasteiger partial charge < -0.3 is 4.74 Å². The quantitative estimate of drug-likeness (QED) is 0.568. The highest BCUT2D eigenvalue weighted by molar-refractivity contribution is 4.71. The predicted molar refractivity (Wildman–Crippen MR) is 45.0 cm³/mol. The van der Waals surface area contributed by atoms with Crippen molar-refractivity contribution in [3.63, 3.8) is 0 Å². The summed E-state index contributed by atoms with van der Waals surface area (Å²) in [4.78, 5) is 0. The van der Waals surface area contributed by atoms with E-state index in [0.29, 0.717) is 6.04 Å². The molecule has 11 heavy (non-hydrogen) atoms. The molecule has 3 nitrogen and oxygen atoms in total. The van der Waals surface area contributed by atoms with Crippen molar-refractivity contribution in [1.29, 1.82) is 0 Å². The Labute approximate surface area is 68.7 Å². The predicted octanol–water partition coefficient (Wildman–Crippen LogP) is 0.968. The third-order valence-corrected chi connectivity index (χ3v) is 2.11. The summed E-state index contributed by atoms with van der Waals surface area (Å²) in [5.74, 6) is 0. The van der Waals surface area contributed by atoms with Crippen LogP contribution in [-0.2, 0) is 4.74 Å². The first-order valence-electron chi connectivity index (χ1n) is 4.16. The molecular weight excluding hydrogens is 140 g/mol. The molecule has 1 saturated heterocycles. The number of rotatable bonds is 0. The molecule has 1 N–H and O–H groups in total. The van der Waals surface area contributed by atoms with Crippen molar-refractivity contribution in [3.8, 4) is 0 Å². The van der Waals surface area contributed by atoms with Crippen LogP contribution in [0.5, 0.6) is 0 Å². The number of hydrazine groups is 1. The largest absolute Gasteiger partial charge is 0.360 e. The van der Waals surface area contributed by atoms with E-state index in [0.717, 1.165) is 13.0 Å². The summed E-state index contributed by atoms with van der Waals surface area (Å²) in [6.07, 6.45) is 1.09. The zero-order valence-electron chi connectivity index (χ0n) is 7.85. The van der Waals surface area contributed by atoms with Gasteiger partial charge in [-0.15, -0.1) is 0 Å². The first-order valence-corrected chi connectivity index (χ1v) is 4.16. The van der Waals surface area contributed by atoms with Crippen LogP contribution in [0, 0.1) is 0 Å². The Balaban J connectivity index is 2.55. The van der Waals surface area contributed by atoms with Gasteiger partial charge in [-0.05, 0) is 27.2 Å². The fourth-order valence-corrected chi connectivity index (χ4v) is 1.25. The summed E-state index contributed by atoms with van der Waals surface area (Å²) in [5, 5.41) is 2.12. The second kappa shape index (κ2) is 3.09. The first-order chi connectivity index (χ1) is 5.01. The number of nitrogens with zero attached hydrogens (tertiary/aromatic N) is 1. The number of hydrogen-bond donors (Lipinski definition) is 1. The molecule has 66 valence electrons. The molecular formula is C8H18N2O. The molecule has 0 bridgehead atoms. The van der Waals surface area contributed by atoms with Gasteiger partial charge in [-0.3, -0.25) is 0 Å². The van der Waals surface area contributed by atoms with Crippen LogP contribution >= 0.6 is 0 Å². The average Bonchev–Trinajstić information content (AvgIpc) is 1.93. The first kappa shape index (κ1) is 8.97. The third kappa shape index (κ3) is 2.43. The number of nitrogens with one attached hydrogen (secondary N) is 1. The highest BCUT2D eigenvalue weighted by Crippen LogP contribution is 2.13. The van der Waals surface area contributed by atoms with E-state index < -0.39 is 0 Å². The van der Waals surface area contributed by atoms with E-state index in [1.54, 1.807) is 0 Å². The van der Waals surface area contributed by atoms with Gasteiger partial charge in [0.05, 0.1) is 6.61 Å². The minimum Gasteiger partial charge on any atom is -0.360 e. The summed E-state index contributed by atoms with van der Waals surface area (Å²) >= 11 is 0. The van der Waals surface area contributed by atoms with Gasteiger partial charge in [0.2, 0.25) is 0 Å². The van der Waals surface area contributed by atoms with Crippen LogP contribution < -0.4 is 5.43 Å². The van der Waals surface area contributed by atoms with Crippen molar-refractivity contribution in [2.75, 3.05) is 13.7 Å². The van der Waals surface area contributed by atoms with Gasteiger partial charge in [-0.25, -0.2) is 10.4 Å². The van der Waals surface area contributed by atoms with Gasteiger partial charge in [0, 0.05) is 13.1 Å². The highest BCUT2D eigenvalue weighted by Gasteiger charge is 2.25. The monoisotopic (exact) mass is 158 g/mol. The molecule has 1 fully saturated rings. The topological polar surface area (TPSA) is 24.5 Å². The summed E-state index contributed by atoms with van der Waals surface area (Å²) in [5.41, 5.74) is 3.07. The van der Waals surface area contributed by atoms with Gasteiger partial charge >= 0.3 is 0 Å². The maximum absolute atomic E-state index is 5.58. The van der Waals surface area contributed by atoms with E-state index in [1.165, 1.54) is 0 Å². The van der Waals surface area contributed by atoms with Gasteiger partial charge in [-0.1, -0.05) is 0 Å². The molecule has 0 aromatic carbocycles. The molecule has 1 heterocycles. The van der Waals surface area contributed by atoms with E-state index in [4.69, 9.17) is 4.74 Å². The molecule has 0 saturated carbocycles. The molecule has 1 rings (SSSR count). The maximum atomic E-state index is 5.58. The molecule has 1 atom stereocenters. The molecule has 1 unspecified atom stereocenters. The van der Waals surface area contributed by atoms with Gasteiger partial charge in [0.15, 0.2) is 0 Å². The lowest BCUT2D eigenvalue weighted by Crippen LogP contribution is -2.51. The van der Waals surface area contributed by atoms with Crippen LogP contribution in [0.15, 0.2) is 0 Å². The van der Waals surface area contributed by atoms with Crippen molar-refractivity contribution in [1.82, 2.24) is 10.4 Å². The van der Waals surface area contributed by atoms with Crippen LogP contribution in [0.25, 0.3) is 0 Å². The second-order valence-electron chi connectivity index (χ2n) is 3.72. The SMILES string of the molecule is CC1CCOC(C)(C)NN1C. The molecule has 0 radical (unpaired) electrons. The third-order valence-electron chi connectivity index (χ3n) is 2.11. The zero-order valence-corrected chi connectivity index (χ0v) is 7.85. The van der Waals surface area contributed by atoms with Crippen LogP contribution in [0.1, 0.15) is 27.2 Å². The Hall–Kier alpha value is -0.120. The van der Waals surface area contributed by atoms with Crippen molar-refractivity contribution in [2.24, 2.45) is 0 Å². The maximum Gasteiger partial charge on any atom is 0.125 e. The summed E-state index contributed by atoms with van der Waals surface area (Å²) in [6, 6.07) is 0.553. The Morgan fingerprint density at radius 1 is 1.55 bits per heavy atom. The Morgan fingerprint density at radius 3 is 2.82 bits per heavy atom. The molecule has 1 aliphatic rings. The van der Waals surface area contributed by atoms with Gasteiger partial charge in [0.1, 0.15) is 5.72 Å². The highest BCUT2D eigenvalue weighted by atomic mass is 16.5. The Kier molecular flexibility index (Phi) is 2.52. The van der Waals surface area contributed by atoms with E-state index in [-0.39, 0.29) is 5.72 Å². The molecule has 0 aromatic heterocycles. The van der Waals surface area contributed by atoms with Crippen molar-refractivity contribution in [2.45, 2.75) is 39.0 Å². The van der Waals surface area contributed by atoms with Crippen LogP contribution in [0.3, 0.4) is 0 Å². The smallest absolute Gasteiger partial charge is 0.125 e. The zero-order chi connectivity index (χ0) is 8.48. The second-order valence-corrected chi connectivity index (χ2v) is 3.72. The fraction of sp³-hybridized carbons (Fsp3) is 1.00. The standard InChI is InChI=1S/C8H18N2O/c1-7-5-6-11-8(2,3)9-10(7)4/h7,9H,5-6H2,1-4H3. The molecule has 0 spiro atoms. The molecule has 0 amide bonds. The van der Waals surface area contributed by atoms with Gasteiger partial charge in [0.25, 0.3) is 0 Å². The lowest BCUT2D eigenvalue weighted by molar-refractivity contribution is -0.0638. The molecule has 0 aliphatic carbocycles. The molecule has 3 heteroatoms. The van der Waals surface area contributed by atoms with E-state index >= 15 is 0 Å². The fourth-order valence-electron chi connectivity index (χ4n) is 1.25. The summed E-state index contributed by atoms with van der Waals surface area (Å²) in [7, 11) is 2.06. The number of ether oxygens (including phenoxy) is 1. The van der Waals surface area contributed by atoms with Crippen LogP contribution in [-0.4, -0.2) is 30.4 Å². The minimum atomic E-state index is -0.209. The van der Waals surface area contributed by atoms with Crippen LogP contribution in [0.4, 0.5) is 0 Å². The average molecular weight is 158 g/mol. The van der Waals surface area contributed by atoms with Crippen LogP contribution in [0.2, 0.25) is 0 Å². The number of hydrogen-bond acceptors (Lipinski definition) is 3. The normalized spacial score (nSPS) is 33.3. The van der Waals surface area contributed by atoms with Crippen molar-refractivity contribution >= 4 is 0 Å². The summed E-state index contributed by atoms with van der Waals surface area (Å²) < 4.78 is 5.58. The molecule has 1 aliphatic heterocycles. The van der Waals surface area contributed by atoms with Crippen molar-refractivity contribution < 1.29 is 4.74 Å².